The number of fused-ring (bicyclic) bond motifs is 1. The first-order valence-electron chi connectivity index (χ1n) is 6.60. The molecule has 20 heavy (non-hydrogen) atoms. The van der Waals surface area contributed by atoms with Gasteiger partial charge in [-0.2, -0.15) is 0 Å². The van der Waals surface area contributed by atoms with Crippen LogP contribution in [0.4, 0.5) is 4.79 Å². The molecule has 0 spiro atoms. The van der Waals surface area contributed by atoms with Crippen LogP contribution in [0.3, 0.4) is 0 Å². The number of aliphatic carboxylic acids is 1. The van der Waals surface area contributed by atoms with Crippen LogP contribution in [0, 0.1) is 0 Å². The molecule has 1 aromatic heterocycles. The number of rotatable bonds is 1. The first kappa shape index (κ1) is 13.4. The Balaban J connectivity index is 1.86. The molecule has 1 fully saturated rings. The molecule has 2 aliphatic rings. The van der Waals surface area contributed by atoms with Crippen molar-refractivity contribution in [2.24, 2.45) is 0 Å². The van der Waals surface area contributed by atoms with E-state index < -0.39 is 18.1 Å². The highest BCUT2D eigenvalue weighted by molar-refractivity contribution is 7.10. The molecule has 3 heterocycles. The van der Waals surface area contributed by atoms with Gasteiger partial charge < -0.3 is 20.0 Å². The van der Waals surface area contributed by atoms with Gasteiger partial charge in [-0.1, -0.05) is 0 Å². The van der Waals surface area contributed by atoms with Gasteiger partial charge in [0.1, 0.15) is 0 Å². The highest BCUT2D eigenvalue weighted by atomic mass is 32.1. The lowest BCUT2D eigenvalue weighted by atomic mass is 10.0. The maximum atomic E-state index is 12.5. The third-order valence-electron chi connectivity index (χ3n) is 3.88. The topological polar surface area (TPSA) is 81.1 Å². The fraction of sp³-hybridized carbons (Fsp3) is 0.538. The van der Waals surface area contributed by atoms with Crippen LogP contribution >= 0.6 is 11.3 Å². The van der Waals surface area contributed by atoms with E-state index in [1.807, 2.05) is 5.38 Å². The Kier molecular flexibility index (Phi) is 3.39. The van der Waals surface area contributed by atoms with E-state index in [0.29, 0.717) is 25.9 Å². The van der Waals surface area contributed by atoms with Gasteiger partial charge in [-0.05, 0) is 29.9 Å². The van der Waals surface area contributed by atoms with Gasteiger partial charge in [0.05, 0.1) is 6.10 Å². The average Bonchev–Trinajstić information content (AvgIpc) is 3.04. The Hall–Kier alpha value is -1.60. The van der Waals surface area contributed by atoms with Crippen LogP contribution in [-0.4, -0.2) is 57.8 Å². The molecule has 0 aliphatic carbocycles. The lowest BCUT2D eigenvalue weighted by molar-refractivity contribution is -0.143. The maximum absolute atomic E-state index is 12.5. The summed E-state index contributed by atoms with van der Waals surface area (Å²) in [5.41, 5.74) is 0.724. The summed E-state index contributed by atoms with van der Waals surface area (Å²) in [6.45, 7) is 1.19. The zero-order valence-corrected chi connectivity index (χ0v) is 11.7. The molecule has 0 radical (unpaired) electrons. The minimum atomic E-state index is -1.00. The molecule has 2 amide bonds. The minimum absolute atomic E-state index is 0.286. The van der Waals surface area contributed by atoms with Gasteiger partial charge in [0.25, 0.3) is 0 Å². The Bertz CT molecular complexity index is 544. The minimum Gasteiger partial charge on any atom is -0.479 e. The van der Waals surface area contributed by atoms with E-state index in [4.69, 9.17) is 0 Å². The summed E-state index contributed by atoms with van der Waals surface area (Å²) in [5.74, 6) is -1.00. The number of aliphatic hydroxyl groups is 1. The van der Waals surface area contributed by atoms with Crippen LogP contribution in [-0.2, 0) is 11.2 Å². The standard InChI is InChI=1S/C13H16N2O4S/c16-8-1-4-14(7-8)13(19)15-5-2-10-9(3-6-20-10)11(15)12(17)18/h3,6,8,11,16H,1-2,4-5,7H2,(H,17,18). The third kappa shape index (κ3) is 2.16. The van der Waals surface area contributed by atoms with Crippen molar-refractivity contribution < 1.29 is 19.8 Å². The average molecular weight is 296 g/mol. The number of urea groups is 1. The molecule has 1 saturated heterocycles. The summed E-state index contributed by atoms with van der Waals surface area (Å²) >= 11 is 1.54. The number of carboxylic acids is 1. The first-order valence-corrected chi connectivity index (χ1v) is 7.48. The lowest BCUT2D eigenvalue weighted by Crippen LogP contribution is -2.49. The largest absolute Gasteiger partial charge is 0.479 e. The van der Waals surface area contributed by atoms with Crippen molar-refractivity contribution in [3.05, 3.63) is 21.9 Å². The second-order valence-corrected chi connectivity index (χ2v) is 6.16. The van der Waals surface area contributed by atoms with Crippen molar-refractivity contribution in [3.63, 3.8) is 0 Å². The predicted octanol–water partition coefficient (Wildman–Crippen LogP) is 0.919. The quantitative estimate of drug-likeness (QED) is 0.807. The van der Waals surface area contributed by atoms with Crippen LogP contribution in [0.5, 0.6) is 0 Å². The molecule has 6 nitrogen and oxygen atoms in total. The summed E-state index contributed by atoms with van der Waals surface area (Å²) in [7, 11) is 0. The Morgan fingerprint density at radius 2 is 2.15 bits per heavy atom. The second-order valence-electron chi connectivity index (χ2n) is 5.15. The molecule has 2 atom stereocenters. The van der Waals surface area contributed by atoms with Crippen molar-refractivity contribution in [2.75, 3.05) is 19.6 Å². The number of β-amino-alcohol motifs (C(OH)–C–C–N with tert-alkyl or cyclic N) is 1. The molecule has 1 aromatic rings. The van der Waals surface area contributed by atoms with Crippen molar-refractivity contribution in [2.45, 2.75) is 25.0 Å². The Labute approximate surface area is 120 Å². The summed E-state index contributed by atoms with van der Waals surface area (Å²) in [5, 5.41) is 20.8. The Morgan fingerprint density at radius 1 is 1.35 bits per heavy atom. The predicted molar refractivity (Wildman–Crippen MR) is 72.7 cm³/mol. The lowest BCUT2D eigenvalue weighted by Gasteiger charge is -2.35. The summed E-state index contributed by atoms with van der Waals surface area (Å²) in [6.07, 6.45) is 0.753. The molecule has 2 N–H and O–H groups in total. The Morgan fingerprint density at radius 3 is 2.80 bits per heavy atom. The number of carboxylic acid groups (broad SMARTS) is 1. The number of amides is 2. The van der Waals surface area contributed by atoms with Gasteiger partial charge in [-0.25, -0.2) is 9.59 Å². The number of carbonyl (C=O) groups is 2. The molecule has 108 valence electrons. The molecule has 0 bridgehead atoms. The fourth-order valence-electron chi connectivity index (χ4n) is 2.89. The highest BCUT2D eigenvalue weighted by Gasteiger charge is 2.39. The molecule has 7 heteroatoms. The van der Waals surface area contributed by atoms with E-state index in [2.05, 4.69) is 0 Å². The van der Waals surface area contributed by atoms with Crippen molar-refractivity contribution in [1.82, 2.24) is 9.80 Å². The van der Waals surface area contributed by atoms with E-state index in [9.17, 15) is 19.8 Å². The highest BCUT2D eigenvalue weighted by Crippen LogP contribution is 2.34. The number of nitrogens with zero attached hydrogens (tertiary/aromatic N) is 2. The number of thiophene rings is 1. The van der Waals surface area contributed by atoms with Crippen LogP contribution in [0.2, 0.25) is 0 Å². The first-order chi connectivity index (χ1) is 9.58. The van der Waals surface area contributed by atoms with Crippen molar-refractivity contribution in [1.29, 1.82) is 0 Å². The fourth-order valence-corrected chi connectivity index (χ4v) is 3.79. The maximum Gasteiger partial charge on any atom is 0.331 e. The molecule has 2 unspecified atom stereocenters. The van der Waals surface area contributed by atoms with Crippen LogP contribution in [0.25, 0.3) is 0 Å². The normalized spacial score (nSPS) is 25.6. The molecule has 0 saturated carbocycles. The number of carbonyl (C=O) groups excluding carboxylic acids is 1. The monoisotopic (exact) mass is 296 g/mol. The SMILES string of the molecule is O=C(O)C1c2ccsc2CCN1C(=O)N1CCC(O)C1. The van der Waals surface area contributed by atoms with Gasteiger partial charge in [-0.15, -0.1) is 11.3 Å². The van der Waals surface area contributed by atoms with E-state index in [0.717, 1.165) is 10.4 Å². The molecule has 3 rings (SSSR count). The number of likely N-dealkylation sites (tertiary alicyclic amines) is 1. The van der Waals surface area contributed by atoms with Gasteiger partial charge in [0.15, 0.2) is 6.04 Å². The summed E-state index contributed by atoms with van der Waals surface area (Å²) in [6, 6.07) is 0.595. The van der Waals surface area contributed by atoms with E-state index in [-0.39, 0.29) is 12.6 Å². The van der Waals surface area contributed by atoms with Crippen LogP contribution < -0.4 is 0 Å². The van der Waals surface area contributed by atoms with Gasteiger partial charge >= 0.3 is 12.0 Å². The second kappa shape index (κ2) is 5.06. The summed E-state index contributed by atoms with van der Waals surface area (Å²) in [4.78, 5) is 28.0. The zero-order chi connectivity index (χ0) is 14.3. The number of hydrogen-bond donors (Lipinski definition) is 2. The smallest absolute Gasteiger partial charge is 0.331 e. The van der Waals surface area contributed by atoms with Crippen molar-refractivity contribution in [3.8, 4) is 0 Å². The van der Waals surface area contributed by atoms with Crippen molar-refractivity contribution >= 4 is 23.3 Å². The molecule has 2 aliphatic heterocycles. The molecular formula is C13H16N2O4S. The van der Waals surface area contributed by atoms with Crippen LogP contribution in [0.15, 0.2) is 11.4 Å². The van der Waals surface area contributed by atoms with E-state index in [1.165, 1.54) is 21.1 Å². The third-order valence-corrected chi connectivity index (χ3v) is 4.88. The van der Waals surface area contributed by atoms with Gasteiger partial charge in [-0.3, -0.25) is 0 Å². The number of hydrogen-bond acceptors (Lipinski definition) is 4. The molecular weight excluding hydrogens is 280 g/mol. The van der Waals surface area contributed by atoms with E-state index in [1.54, 1.807) is 6.07 Å². The van der Waals surface area contributed by atoms with E-state index >= 15 is 0 Å². The van der Waals surface area contributed by atoms with Gasteiger partial charge in [0.2, 0.25) is 0 Å². The summed E-state index contributed by atoms with van der Waals surface area (Å²) < 4.78 is 0. The zero-order valence-electron chi connectivity index (χ0n) is 10.9. The van der Waals surface area contributed by atoms with Gasteiger partial charge in [0, 0.05) is 24.5 Å². The number of aliphatic hydroxyl groups excluding tert-OH is 1. The van der Waals surface area contributed by atoms with Crippen LogP contribution in [0.1, 0.15) is 22.9 Å². The molecule has 0 aromatic carbocycles.